The monoisotopic (exact) mass is 445 g/mol. The zero-order chi connectivity index (χ0) is 21.9. The second-order valence-corrected chi connectivity index (χ2v) is 10.1. The molecule has 2 aromatic carbocycles. The van der Waals surface area contributed by atoms with Gasteiger partial charge in [0.15, 0.2) is 0 Å². The van der Waals surface area contributed by atoms with Crippen LogP contribution in [0.15, 0.2) is 51.1 Å². The van der Waals surface area contributed by atoms with Crippen LogP contribution in [-0.4, -0.2) is 51.5 Å². The summed E-state index contributed by atoms with van der Waals surface area (Å²) in [4.78, 5) is 13.4. The molecule has 0 aliphatic carbocycles. The van der Waals surface area contributed by atoms with Crippen molar-refractivity contribution in [1.82, 2.24) is 9.62 Å². The van der Waals surface area contributed by atoms with E-state index in [1.165, 1.54) is 29.2 Å². The van der Waals surface area contributed by atoms with Gasteiger partial charge in [-0.05, 0) is 55.3 Å². The third kappa shape index (κ3) is 4.84. The average molecular weight is 446 g/mol. The fourth-order valence-corrected chi connectivity index (χ4v) is 6.40. The molecule has 0 aromatic heterocycles. The summed E-state index contributed by atoms with van der Waals surface area (Å²) in [5.41, 5.74) is 2.43. The van der Waals surface area contributed by atoms with Gasteiger partial charge in [-0.15, -0.1) is 0 Å². The first-order chi connectivity index (χ1) is 14.2. The molecule has 1 unspecified atom stereocenters. The Morgan fingerprint density at radius 2 is 1.93 bits per heavy atom. The van der Waals surface area contributed by atoms with Gasteiger partial charge < -0.3 is 10.1 Å². The largest absolute Gasteiger partial charge is 0.468 e. The minimum atomic E-state index is -3.93. The number of nitrogens with one attached hydrogen (secondary N) is 1. The second kappa shape index (κ2) is 9.18. The molecule has 0 amide bonds. The number of hydrogen-bond donors (Lipinski definition) is 1. The van der Waals surface area contributed by atoms with Crippen LogP contribution in [0.1, 0.15) is 16.7 Å². The van der Waals surface area contributed by atoms with Crippen LogP contribution in [0.4, 0.5) is 0 Å². The number of nitrogens with zero attached hydrogens (tertiary/aromatic N) is 2. The van der Waals surface area contributed by atoms with Crippen LogP contribution in [-0.2, 0) is 19.6 Å². The van der Waals surface area contributed by atoms with E-state index in [-0.39, 0.29) is 23.5 Å². The van der Waals surface area contributed by atoms with E-state index in [4.69, 9.17) is 4.74 Å². The minimum absolute atomic E-state index is 0.0283. The molecule has 1 saturated heterocycles. The standard InChI is InChI=1S/C21H23N3O4S2/c1-14-8-15(2)10-17(9-14)29-19-5-4-16(12-22)11-20(19)30(26,27)24-7-6-23-18(13-24)21(25)28-3/h4-5,8-11,18,23H,6-7,13H2,1-3H3. The number of sulfonamides is 1. The summed E-state index contributed by atoms with van der Waals surface area (Å²) < 4.78 is 33.0. The van der Waals surface area contributed by atoms with Crippen LogP contribution in [0.3, 0.4) is 0 Å². The topological polar surface area (TPSA) is 99.5 Å². The molecule has 1 fully saturated rings. The van der Waals surface area contributed by atoms with Gasteiger partial charge in [0.25, 0.3) is 0 Å². The Balaban J connectivity index is 2.00. The van der Waals surface area contributed by atoms with Crippen LogP contribution in [0.2, 0.25) is 0 Å². The van der Waals surface area contributed by atoms with E-state index < -0.39 is 22.0 Å². The number of aryl methyl sites for hydroxylation is 2. The molecular weight excluding hydrogens is 422 g/mol. The second-order valence-electron chi connectivity index (χ2n) is 7.09. The summed E-state index contributed by atoms with van der Waals surface area (Å²) in [7, 11) is -2.66. The molecule has 30 heavy (non-hydrogen) atoms. The summed E-state index contributed by atoms with van der Waals surface area (Å²) >= 11 is 1.34. The van der Waals surface area contributed by atoms with Crippen LogP contribution in [0, 0.1) is 25.2 Å². The summed E-state index contributed by atoms with van der Waals surface area (Å²) in [5, 5.41) is 12.3. The molecule has 3 rings (SSSR count). The van der Waals surface area contributed by atoms with E-state index in [1.54, 1.807) is 12.1 Å². The first-order valence-corrected chi connectivity index (χ1v) is 11.6. The van der Waals surface area contributed by atoms with Crippen LogP contribution in [0.5, 0.6) is 0 Å². The Morgan fingerprint density at radius 3 is 2.57 bits per heavy atom. The molecule has 9 heteroatoms. The average Bonchev–Trinajstić information content (AvgIpc) is 2.72. The van der Waals surface area contributed by atoms with E-state index >= 15 is 0 Å². The predicted octanol–water partition coefficient (Wildman–Crippen LogP) is 2.46. The predicted molar refractivity (Wildman–Crippen MR) is 114 cm³/mol. The van der Waals surface area contributed by atoms with Crippen molar-refractivity contribution < 1.29 is 17.9 Å². The number of rotatable bonds is 5. The normalized spacial score (nSPS) is 17.3. The van der Waals surface area contributed by atoms with E-state index in [0.29, 0.717) is 11.4 Å². The molecule has 1 heterocycles. The summed E-state index contributed by atoms with van der Waals surface area (Å²) in [6.45, 7) is 4.50. The first kappa shape index (κ1) is 22.3. The van der Waals surface area contributed by atoms with E-state index in [9.17, 15) is 18.5 Å². The zero-order valence-electron chi connectivity index (χ0n) is 17.0. The van der Waals surface area contributed by atoms with Gasteiger partial charge in [0, 0.05) is 29.4 Å². The van der Waals surface area contributed by atoms with Gasteiger partial charge in [-0.2, -0.15) is 9.57 Å². The third-order valence-electron chi connectivity index (χ3n) is 4.74. The summed E-state index contributed by atoms with van der Waals surface area (Å²) in [6.07, 6.45) is 0. The van der Waals surface area contributed by atoms with Crippen LogP contribution >= 0.6 is 11.8 Å². The maximum absolute atomic E-state index is 13.5. The molecular formula is C21H23N3O4S2. The molecule has 0 spiro atoms. The van der Waals surface area contributed by atoms with Crippen molar-refractivity contribution in [1.29, 1.82) is 5.26 Å². The maximum Gasteiger partial charge on any atom is 0.324 e. The Hall–Kier alpha value is -2.38. The highest BCUT2D eigenvalue weighted by molar-refractivity contribution is 8.00. The lowest BCUT2D eigenvalue weighted by atomic mass is 10.2. The number of hydrogen-bond acceptors (Lipinski definition) is 7. The van der Waals surface area contributed by atoms with E-state index in [1.807, 2.05) is 38.1 Å². The molecule has 1 N–H and O–H groups in total. The number of nitriles is 1. The van der Waals surface area contributed by atoms with Gasteiger partial charge in [0.1, 0.15) is 6.04 Å². The number of methoxy groups -OCH3 is 1. The van der Waals surface area contributed by atoms with Crippen molar-refractivity contribution in [3.05, 3.63) is 53.1 Å². The lowest BCUT2D eigenvalue weighted by molar-refractivity contribution is -0.143. The van der Waals surface area contributed by atoms with E-state index in [0.717, 1.165) is 16.0 Å². The van der Waals surface area contributed by atoms with Crippen molar-refractivity contribution in [3.8, 4) is 6.07 Å². The third-order valence-corrected chi connectivity index (χ3v) is 7.82. The molecule has 0 bridgehead atoms. The van der Waals surface area contributed by atoms with Crippen molar-refractivity contribution in [3.63, 3.8) is 0 Å². The molecule has 158 valence electrons. The SMILES string of the molecule is COC(=O)C1CN(S(=O)(=O)c2cc(C#N)ccc2Sc2cc(C)cc(C)c2)CCN1. The van der Waals surface area contributed by atoms with Gasteiger partial charge in [-0.1, -0.05) is 17.8 Å². The maximum atomic E-state index is 13.5. The molecule has 0 radical (unpaired) electrons. The van der Waals surface area contributed by atoms with Crippen LogP contribution < -0.4 is 5.32 Å². The zero-order valence-corrected chi connectivity index (χ0v) is 18.6. The molecule has 0 saturated carbocycles. The number of ether oxygens (including phenoxy) is 1. The Labute approximate surface area is 181 Å². The van der Waals surface area contributed by atoms with Gasteiger partial charge in [0.05, 0.1) is 23.6 Å². The Bertz CT molecular complexity index is 1090. The minimum Gasteiger partial charge on any atom is -0.468 e. The first-order valence-electron chi connectivity index (χ1n) is 9.36. The Kier molecular flexibility index (Phi) is 6.83. The van der Waals surface area contributed by atoms with Gasteiger partial charge in [-0.25, -0.2) is 8.42 Å². The lowest BCUT2D eigenvalue weighted by Crippen LogP contribution is -2.55. The Morgan fingerprint density at radius 1 is 1.23 bits per heavy atom. The quantitative estimate of drug-likeness (QED) is 0.706. The molecule has 1 aliphatic heterocycles. The van der Waals surface area contributed by atoms with Crippen LogP contribution in [0.25, 0.3) is 0 Å². The van der Waals surface area contributed by atoms with Gasteiger partial charge in [-0.3, -0.25) is 4.79 Å². The highest BCUT2D eigenvalue weighted by atomic mass is 32.2. The van der Waals surface area contributed by atoms with Gasteiger partial charge in [0.2, 0.25) is 10.0 Å². The summed E-state index contributed by atoms with van der Waals surface area (Å²) in [5.74, 6) is -0.509. The smallest absolute Gasteiger partial charge is 0.324 e. The van der Waals surface area contributed by atoms with Crippen molar-refractivity contribution in [2.75, 3.05) is 26.7 Å². The number of esters is 1. The number of piperazine rings is 1. The van der Waals surface area contributed by atoms with E-state index in [2.05, 4.69) is 5.32 Å². The summed E-state index contributed by atoms with van der Waals surface area (Å²) in [6, 6.07) is 12.0. The van der Waals surface area contributed by atoms with Gasteiger partial charge >= 0.3 is 5.97 Å². The molecule has 7 nitrogen and oxygen atoms in total. The molecule has 1 aliphatic rings. The highest BCUT2D eigenvalue weighted by Gasteiger charge is 2.35. The number of carbonyl (C=O) groups is 1. The fraction of sp³-hybridized carbons (Fsp3) is 0.333. The molecule has 2 aromatic rings. The lowest BCUT2D eigenvalue weighted by Gasteiger charge is -2.31. The van der Waals surface area contributed by atoms with Crippen molar-refractivity contribution in [2.24, 2.45) is 0 Å². The number of carbonyl (C=O) groups excluding carboxylic acids is 1. The number of benzene rings is 2. The van der Waals surface area contributed by atoms with Crippen molar-refractivity contribution in [2.45, 2.75) is 34.6 Å². The molecule has 1 atom stereocenters. The fourth-order valence-electron chi connectivity index (χ4n) is 3.36. The highest BCUT2D eigenvalue weighted by Crippen LogP contribution is 2.36. The van der Waals surface area contributed by atoms with Crippen molar-refractivity contribution >= 4 is 27.8 Å².